The fourth-order valence-corrected chi connectivity index (χ4v) is 12.4. The van der Waals surface area contributed by atoms with Crippen LogP contribution >= 0.6 is 0 Å². The minimum Gasteiger partial charge on any atom is -0.491 e. The number of carbonyl (C=O) groups excluding carboxylic acids is 1. The summed E-state index contributed by atoms with van der Waals surface area (Å²) in [6.07, 6.45) is 12.1. The Balaban J connectivity index is 2.32. The third-order valence-corrected chi connectivity index (χ3v) is 19.4. The molecule has 8 heteroatoms. The highest BCUT2D eigenvalue weighted by molar-refractivity contribution is 6.74. The monoisotopic (exact) mass is 612 g/mol. The highest BCUT2D eigenvalue weighted by Gasteiger charge is 2.49. The molecule has 2 rings (SSSR count). The number of carbonyl (C=O) groups is 1. The normalized spacial score (nSPS) is 24.3. The second-order valence-corrected chi connectivity index (χ2v) is 21.7. The van der Waals surface area contributed by atoms with Crippen molar-refractivity contribution in [2.45, 2.75) is 161 Å². The fraction of sp³-hybridized carbons (Fsp3) is 0.848. The average Bonchev–Trinajstić information content (AvgIpc) is 3.55. The molecule has 0 amide bonds. The van der Waals surface area contributed by atoms with Crippen LogP contribution in [-0.2, 0) is 23.1 Å². The topological polar surface area (TPSA) is 54.0 Å². The quantitative estimate of drug-likeness (QED) is 0.0559. The minimum absolute atomic E-state index is 0.0596. The molecule has 41 heavy (non-hydrogen) atoms. The van der Waals surface area contributed by atoms with Crippen molar-refractivity contribution in [2.24, 2.45) is 11.8 Å². The van der Waals surface area contributed by atoms with Crippen molar-refractivity contribution in [3.8, 4) is 0 Å². The second-order valence-electron chi connectivity index (χ2n) is 12.2. The molecule has 0 N–H and O–H groups in total. The first kappa shape index (κ1) is 36.2. The summed E-state index contributed by atoms with van der Waals surface area (Å²) in [5.74, 6) is 0.392. The van der Waals surface area contributed by atoms with Crippen LogP contribution in [0.2, 0.25) is 36.3 Å². The number of fused-ring (bicyclic) bond motifs is 1. The number of halogens is 1. The largest absolute Gasteiger partial charge is 0.491 e. The van der Waals surface area contributed by atoms with Crippen LogP contribution in [0.25, 0.3) is 0 Å². The van der Waals surface area contributed by atoms with E-state index in [0.29, 0.717) is 12.2 Å². The summed E-state index contributed by atoms with van der Waals surface area (Å²) < 4.78 is 40.3. The van der Waals surface area contributed by atoms with Gasteiger partial charge in [-0.05, 0) is 61.6 Å². The summed E-state index contributed by atoms with van der Waals surface area (Å²) in [7, 11) is -2.23. The Morgan fingerprint density at radius 2 is 1.61 bits per heavy atom. The molecule has 1 saturated carbocycles. The van der Waals surface area contributed by atoms with Crippen molar-refractivity contribution in [1.82, 2.24) is 0 Å². The molecule has 0 spiro atoms. The minimum atomic E-state index is -1.83. The number of methoxy groups -OCH3 is 1. The van der Waals surface area contributed by atoms with E-state index in [4.69, 9.17) is 18.3 Å². The Bertz CT molecular complexity index is 810. The van der Waals surface area contributed by atoms with E-state index in [0.717, 1.165) is 49.1 Å². The number of ether oxygens (including phenoxy) is 2. The van der Waals surface area contributed by atoms with Crippen LogP contribution in [0.1, 0.15) is 99.8 Å². The van der Waals surface area contributed by atoms with Gasteiger partial charge in [0.15, 0.2) is 22.8 Å². The Kier molecular flexibility index (Phi) is 15.9. The first-order valence-electron chi connectivity index (χ1n) is 16.8. The SMILES string of the molecule is CCCCC[C@@H](/C=C/C1[C@H]2C=C([C@@H](F)CCCC(=O)OC)O[C@H]2C[C@H]1O[Si](CC)(CC)CC)O[Si](CC)(CC)CC. The van der Waals surface area contributed by atoms with Gasteiger partial charge in [0, 0.05) is 24.7 Å². The van der Waals surface area contributed by atoms with E-state index in [1.54, 1.807) is 0 Å². The lowest BCUT2D eigenvalue weighted by Gasteiger charge is -2.35. The van der Waals surface area contributed by atoms with E-state index >= 15 is 4.39 Å². The summed E-state index contributed by atoms with van der Waals surface area (Å²) >= 11 is 0. The van der Waals surface area contributed by atoms with Crippen molar-refractivity contribution in [2.75, 3.05) is 7.11 Å². The molecule has 5 nitrogen and oxygen atoms in total. The third-order valence-electron chi connectivity index (χ3n) is 10.1. The molecule has 1 fully saturated rings. The number of rotatable bonds is 21. The maximum absolute atomic E-state index is 15.2. The van der Waals surface area contributed by atoms with Gasteiger partial charge in [0.25, 0.3) is 0 Å². The molecule has 238 valence electrons. The number of esters is 1. The van der Waals surface area contributed by atoms with Crippen LogP contribution < -0.4 is 0 Å². The molecule has 0 bridgehead atoms. The van der Waals surface area contributed by atoms with Crippen LogP contribution in [0.15, 0.2) is 24.0 Å². The van der Waals surface area contributed by atoms with Crippen LogP contribution in [0, 0.1) is 11.8 Å². The molecular weight excluding hydrogens is 552 g/mol. The highest BCUT2D eigenvalue weighted by Crippen LogP contribution is 2.46. The molecule has 1 aliphatic heterocycles. The van der Waals surface area contributed by atoms with Gasteiger partial charge in [0.1, 0.15) is 11.9 Å². The van der Waals surface area contributed by atoms with Gasteiger partial charge in [-0.15, -0.1) is 0 Å². The molecule has 1 unspecified atom stereocenters. The Morgan fingerprint density at radius 1 is 0.976 bits per heavy atom. The van der Waals surface area contributed by atoms with Gasteiger partial charge in [-0.3, -0.25) is 4.79 Å². The summed E-state index contributed by atoms with van der Waals surface area (Å²) in [6.45, 7) is 16.0. The maximum atomic E-state index is 15.2. The van der Waals surface area contributed by atoms with Gasteiger partial charge in [-0.1, -0.05) is 79.9 Å². The number of allylic oxidation sites excluding steroid dienone is 1. The standard InChI is InChI=1S/C33H61FO5Si2/c1-9-16-17-19-26(38-40(10-2,11-3)12-4)22-23-27-28-24-32(29(34)20-18-21-33(35)36-8)37-30(28)25-31(27)39-41(13-5,14-6)15-7/h22-24,26-31H,9-21,25H2,1-8H3/b23-22+/t26-,27?,28+,29-,30-,31+/m0/s1. The molecule has 1 aliphatic carbocycles. The van der Waals surface area contributed by atoms with Gasteiger partial charge in [0.2, 0.25) is 0 Å². The van der Waals surface area contributed by atoms with Gasteiger partial charge in [-0.2, -0.15) is 0 Å². The Hall–Kier alpha value is -0.966. The number of alkyl halides is 1. The van der Waals surface area contributed by atoms with Gasteiger partial charge < -0.3 is 18.3 Å². The van der Waals surface area contributed by atoms with Crippen molar-refractivity contribution in [3.05, 3.63) is 24.0 Å². The molecule has 1 heterocycles. The zero-order valence-electron chi connectivity index (χ0n) is 27.5. The van der Waals surface area contributed by atoms with Crippen molar-refractivity contribution < 1.29 is 27.5 Å². The van der Waals surface area contributed by atoms with Crippen LogP contribution in [0.5, 0.6) is 0 Å². The van der Waals surface area contributed by atoms with Gasteiger partial charge in [0.05, 0.1) is 19.3 Å². The molecule has 0 aromatic rings. The van der Waals surface area contributed by atoms with Crippen LogP contribution in [0.4, 0.5) is 4.39 Å². The van der Waals surface area contributed by atoms with Crippen molar-refractivity contribution in [3.63, 3.8) is 0 Å². The molecule has 0 aromatic heterocycles. The van der Waals surface area contributed by atoms with E-state index in [-0.39, 0.29) is 49.0 Å². The predicted octanol–water partition coefficient (Wildman–Crippen LogP) is 9.50. The number of hydrogen-bond acceptors (Lipinski definition) is 5. The van der Waals surface area contributed by atoms with E-state index in [1.807, 2.05) is 6.08 Å². The fourth-order valence-electron chi connectivity index (χ4n) is 6.70. The summed E-state index contributed by atoms with van der Waals surface area (Å²) in [5.41, 5.74) is 0. The van der Waals surface area contributed by atoms with Crippen molar-refractivity contribution in [1.29, 1.82) is 0 Å². The van der Waals surface area contributed by atoms with Crippen LogP contribution in [-0.4, -0.2) is 54.2 Å². The lowest BCUT2D eigenvalue weighted by molar-refractivity contribution is -0.140. The van der Waals surface area contributed by atoms with E-state index < -0.39 is 22.8 Å². The lowest BCUT2D eigenvalue weighted by Crippen LogP contribution is -2.41. The lowest BCUT2D eigenvalue weighted by atomic mass is 9.92. The zero-order chi connectivity index (χ0) is 30.5. The average molecular weight is 613 g/mol. The zero-order valence-corrected chi connectivity index (χ0v) is 29.5. The van der Waals surface area contributed by atoms with Crippen molar-refractivity contribution >= 4 is 22.6 Å². The molecule has 2 aliphatic rings. The maximum Gasteiger partial charge on any atom is 0.305 e. The Morgan fingerprint density at radius 3 is 2.17 bits per heavy atom. The highest BCUT2D eigenvalue weighted by atomic mass is 28.4. The first-order chi connectivity index (χ1) is 19.7. The second kappa shape index (κ2) is 18.0. The number of unbranched alkanes of at least 4 members (excludes halogenated alkanes) is 2. The van der Waals surface area contributed by atoms with Crippen LogP contribution in [0.3, 0.4) is 0 Å². The smallest absolute Gasteiger partial charge is 0.305 e. The Labute approximate surface area is 253 Å². The summed E-state index contributed by atoms with van der Waals surface area (Å²) in [4.78, 5) is 11.5. The van der Waals surface area contributed by atoms with E-state index in [1.165, 1.54) is 26.4 Å². The summed E-state index contributed by atoms with van der Waals surface area (Å²) in [6, 6.07) is 6.75. The van der Waals surface area contributed by atoms with Gasteiger partial charge >= 0.3 is 5.97 Å². The number of hydrogen-bond donors (Lipinski definition) is 0. The molecule has 0 aromatic carbocycles. The third kappa shape index (κ3) is 10.0. The van der Waals surface area contributed by atoms with E-state index in [9.17, 15) is 4.79 Å². The summed E-state index contributed by atoms with van der Waals surface area (Å²) in [5, 5.41) is 0. The molecule has 0 radical (unpaired) electrons. The molecule has 0 saturated heterocycles. The predicted molar refractivity (Wildman–Crippen MR) is 173 cm³/mol. The molecule has 6 atom stereocenters. The van der Waals surface area contributed by atoms with E-state index in [2.05, 4.69) is 60.6 Å². The molecular formula is C33H61FO5Si2. The first-order valence-corrected chi connectivity index (χ1v) is 21.9. The van der Waals surface area contributed by atoms with Gasteiger partial charge in [-0.25, -0.2) is 4.39 Å².